The quantitative estimate of drug-likeness (QED) is 0.722. The molecule has 1 fully saturated rings. The minimum absolute atomic E-state index is 0.152. The summed E-state index contributed by atoms with van der Waals surface area (Å²) in [7, 11) is 0. The molecule has 0 saturated carbocycles. The van der Waals surface area contributed by atoms with Gasteiger partial charge in [-0.3, -0.25) is 0 Å². The van der Waals surface area contributed by atoms with E-state index in [1.54, 1.807) is 11.8 Å². The molecule has 9 nitrogen and oxygen atoms in total. The third-order valence-electron chi connectivity index (χ3n) is 4.71. The van der Waals surface area contributed by atoms with Gasteiger partial charge >= 0.3 is 6.03 Å². The number of aromatic nitrogens is 4. The molecule has 146 valence electrons. The van der Waals surface area contributed by atoms with Gasteiger partial charge in [-0.1, -0.05) is 40.6 Å². The summed E-state index contributed by atoms with van der Waals surface area (Å²) in [5.41, 5.74) is 0.888. The van der Waals surface area contributed by atoms with Crippen LogP contribution in [0.2, 0.25) is 0 Å². The highest BCUT2D eigenvalue weighted by atomic mass is 16.5. The number of rotatable bonds is 5. The number of aryl methyl sites for hydroxylation is 1. The van der Waals surface area contributed by atoms with E-state index in [1.165, 1.54) is 0 Å². The zero-order valence-electron chi connectivity index (χ0n) is 15.7. The molecule has 0 aliphatic carbocycles. The monoisotopic (exact) mass is 382 g/mol. The molecule has 9 heteroatoms. The Balaban J connectivity index is 1.41. The van der Waals surface area contributed by atoms with Crippen molar-refractivity contribution in [2.75, 3.05) is 13.1 Å². The summed E-state index contributed by atoms with van der Waals surface area (Å²) in [5, 5.41) is 10.8. The Labute approximate surface area is 162 Å². The Morgan fingerprint density at radius 2 is 2.04 bits per heavy atom. The van der Waals surface area contributed by atoms with E-state index in [0.717, 1.165) is 24.8 Å². The number of nitrogens with one attached hydrogen (secondary N) is 1. The second-order valence-corrected chi connectivity index (χ2v) is 6.74. The predicted octanol–water partition coefficient (Wildman–Crippen LogP) is 2.91. The number of benzene rings is 1. The largest absolute Gasteiger partial charge is 0.339 e. The van der Waals surface area contributed by atoms with Gasteiger partial charge in [-0.2, -0.15) is 9.97 Å². The minimum Gasteiger partial charge on any atom is -0.339 e. The second-order valence-electron chi connectivity index (χ2n) is 6.74. The van der Waals surface area contributed by atoms with Crippen molar-refractivity contribution in [2.45, 2.75) is 38.6 Å². The first-order valence-corrected chi connectivity index (χ1v) is 9.43. The molecule has 1 aliphatic rings. The number of urea groups is 1. The maximum absolute atomic E-state index is 12.7. The van der Waals surface area contributed by atoms with Gasteiger partial charge in [-0.15, -0.1) is 0 Å². The lowest BCUT2D eigenvalue weighted by Crippen LogP contribution is -2.45. The van der Waals surface area contributed by atoms with E-state index < -0.39 is 0 Å². The molecular weight excluding hydrogens is 360 g/mol. The van der Waals surface area contributed by atoms with Gasteiger partial charge in [0.15, 0.2) is 5.82 Å². The third kappa shape index (κ3) is 4.03. The van der Waals surface area contributed by atoms with Crippen molar-refractivity contribution in [3.63, 3.8) is 0 Å². The molecule has 2 amide bonds. The van der Waals surface area contributed by atoms with E-state index >= 15 is 0 Å². The Kier molecular flexibility index (Phi) is 5.31. The van der Waals surface area contributed by atoms with Gasteiger partial charge in [0.25, 0.3) is 0 Å². The predicted molar refractivity (Wildman–Crippen MR) is 99.2 cm³/mol. The van der Waals surface area contributed by atoms with Crippen molar-refractivity contribution < 1.29 is 13.8 Å². The molecule has 0 bridgehead atoms. The lowest BCUT2D eigenvalue weighted by molar-refractivity contribution is 0.132. The van der Waals surface area contributed by atoms with E-state index in [-0.39, 0.29) is 12.1 Å². The van der Waals surface area contributed by atoms with E-state index in [2.05, 4.69) is 25.6 Å². The highest BCUT2D eigenvalue weighted by Gasteiger charge is 2.32. The molecule has 2 aromatic heterocycles. The first-order valence-electron chi connectivity index (χ1n) is 9.43. The Hall–Kier alpha value is -3.23. The Morgan fingerprint density at radius 1 is 1.18 bits per heavy atom. The topological polar surface area (TPSA) is 110 Å². The lowest BCUT2D eigenvalue weighted by atomic mass is 10.0. The van der Waals surface area contributed by atoms with Crippen LogP contribution < -0.4 is 5.32 Å². The highest BCUT2D eigenvalue weighted by Crippen LogP contribution is 2.31. The first kappa shape index (κ1) is 18.1. The van der Waals surface area contributed by atoms with Crippen LogP contribution in [-0.4, -0.2) is 44.3 Å². The van der Waals surface area contributed by atoms with E-state index in [4.69, 9.17) is 9.05 Å². The number of hydrogen-bond acceptors (Lipinski definition) is 7. The second kappa shape index (κ2) is 8.20. The maximum atomic E-state index is 12.7. The van der Waals surface area contributed by atoms with E-state index in [1.807, 2.05) is 30.3 Å². The van der Waals surface area contributed by atoms with Crippen LogP contribution in [0.15, 0.2) is 39.4 Å². The summed E-state index contributed by atoms with van der Waals surface area (Å²) in [6.45, 7) is 2.83. The van der Waals surface area contributed by atoms with Crippen LogP contribution in [0.5, 0.6) is 0 Å². The normalized spacial score (nSPS) is 16.9. The van der Waals surface area contributed by atoms with Crippen molar-refractivity contribution >= 4 is 6.03 Å². The first-order chi connectivity index (χ1) is 13.7. The number of nitrogens with zero attached hydrogens (tertiary/aromatic N) is 5. The Bertz CT molecular complexity index is 923. The molecule has 0 radical (unpaired) electrons. The van der Waals surface area contributed by atoms with Gasteiger partial charge in [-0.25, -0.2) is 4.79 Å². The number of carbonyl (C=O) groups excluding carboxylic acids is 1. The minimum atomic E-state index is -0.218. The van der Waals surface area contributed by atoms with Gasteiger partial charge < -0.3 is 19.3 Å². The molecule has 1 N–H and O–H groups in total. The van der Waals surface area contributed by atoms with Crippen molar-refractivity contribution in [2.24, 2.45) is 0 Å². The van der Waals surface area contributed by atoms with Gasteiger partial charge in [0.05, 0.1) is 0 Å². The number of carbonyl (C=O) groups is 1. The highest BCUT2D eigenvalue weighted by molar-refractivity contribution is 5.74. The third-order valence-corrected chi connectivity index (χ3v) is 4.71. The molecule has 3 aromatic rings. The average molecular weight is 382 g/mol. The van der Waals surface area contributed by atoms with Gasteiger partial charge in [0, 0.05) is 25.1 Å². The van der Waals surface area contributed by atoms with Crippen LogP contribution in [0.25, 0.3) is 11.4 Å². The molecule has 1 aromatic carbocycles. The van der Waals surface area contributed by atoms with Gasteiger partial charge in [0.2, 0.25) is 17.6 Å². The lowest BCUT2D eigenvalue weighted by Gasteiger charge is -2.33. The van der Waals surface area contributed by atoms with Crippen LogP contribution in [-0.2, 0) is 6.42 Å². The molecule has 4 rings (SSSR count). The fourth-order valence-corrected chi connectivity index (χ4v) is 3.33. The summed E-state index contributed by atoms with van der Waals surface area (Å²) in [6, 6.07) is 9.28. The summed E-state index contributed by atoms with van der Waals surface area (Å²) in [5.74, 6) is 2.11. The number of amides is 2. The fraction of sp³-hybridized carbons (Fsp3) is 0.421. The molecule has 3 heterocycles. The molecule has 1 atom stereocenters. The zero-order valence-corrected chi connectivity index (χ0v) is 15.7. The van der Waals surface area contributed by atoms with Crippen LogP contribution in [0.4, 0.5) is 4.79 Å². The number of hydrogen-bond donors (Lipinski definition) is 1. The molecule has 1 aliphatic heterocycles. The van der Waals surface area contributed by atoms with E-state index in [9.17, 15) is 4.79 Å². The van der Waals surface area contributed by atoms with Crippen molar-refractivity contribution in [1.29, 1.82) is 0 Å². The zero-order chi connectivity index (χ0) is 19.3. The average Bonchev–Trinajstić information content (AvgIpc) is 3.38. The van der Waals surface area contributed by atoms with Crippen LogP contribution in [0.1, 0.15) is 42.9 Å². The SMILES string of the molecule is Cc1noc(CCNC(=O)N2CCCCC2c2nc(-c3ccccc3)no2)n1. The summed E-state index contributed by atoms with van der Waals surface area (Å²) in [4.78, 5) is 23.2. The number of piperidine rings is 1. The summed E-state index contributed by atoms with van der Waals surface area (Å²) in [6.07, 6.45) is 3.25. The van der Waals surface area contributed by atoms with Gasteiger partial charge in [-0.05, 0) is 26.2 Å². The van der Waals surface area contributed by atoms with Crippen molar-refractivity contribution in [3.8, 4) is 11.4 Å². The molecule has 0 spiro atoms. The fourth-order valence-electron chi connectivity index (χ4n) is 3.33. The smallest absolute Gasteiger partial charge is 0.318 e. The molecular formula is C19H22N6O3. The summed E-state index contributed by atoms with van der Waals surface area (Å²) < 4.78 is 10.6. The Morgan fingerprint density at radius 3 is 2.82 bits per heavy atom. The molecule has 1 unspecified atom stereocenters. The van der Waals surface area contributed by atoms with Crippen LogP contribution in [0, 0.1) is 6.92 Å². The van der Waals surface area contributed by atoms with E-state index in [0.29, 0.717) is 42.9 Å². The molecule has 1 saturated heterocycles. The summed E-state index contributed by atoms with van der Waals surface area (Å²) >= 11 is 0. The van der Waals surface area contributed by atoms with Crippen LogP contribution >= 0.6 is 0 Å². The molecule has 28 heavy (non-hydrogen) atoms. The number of likely N-dealkylation sites (tertiary alicyclic amines) is 1. The van der Waals surface area contributed by atoms with Crippen LogP contribution in [0.3, 0.4) is 0 Å². The van der Waals surface area contributed by atoms with Gasteiger partial charge in [0.1, 0.15) is 6.04 Å². The maximum Gasteiger partial charge on any atom is 0.318 e. The standard InChI is InChI=1S/C19H22N6O3/c1-13-21-16(27-23-13)10-11-20-19(26)25-12-6-5-9-15(25)18-22-17(24-28-18)14-7-3-2-4-8-14/h2-4,7-8,15H,5-6,9-12H2,1H3,(H,20,26). The van der Waals surface area contributed by atoms with Crippen molar-refractivity contribution in [1.82, 2.24) is 30.5 Å². The van der Waals surface area contributed by atoms with Crippen molar-refractivity contribution in [3.05, 3.63) is 47.9 Å².